The fraction of sp³-hybridized carbons (Fsp3) is 0.350. The molecule has 2 aromatic rings. The molecule has 0 radical (unpaired) electrons. The van der Waals surface area contributed by atoms with Crippen molar-refractivity contribution in [2.75, 3.05) is 13.1 Å². The van der Waals surface area contributed by atoms with E-state index in [1.807, 2.05) is 12.1 Å². The van der Waals surface area contributed by atoms with Crippen molar-refractivity contribution in [3.8, 4) is 11.1 Å². The van der Waals surface area contributed by atoms with Crippen molar-refractivity contribution in [1.29, 1.82) is 0 Å². The average molecular weight is 395 g/mol. The van der Waals surface area contributed by atoms with Gasteiger partial charge in [0.05, 0.1) is 5.56 Å². The third-order valence-corrected chi connectivity index (χ3v) is 5.44. The van der Waals surface area contributed by atoms with E-state index in [0.29, 0.717) is 30.2 Å². The van der Waals surface area contributed by atoms with E-state index >= 15 is 0 Å². The number of likely N-dealkylation sites (tertiary alicyclic amines) is 1. The van der Waals surface area contributed by atoms with E-state index in [4.69, 9.17) is 11.6 Å². The van der Waals surface area contributed by atoms with E-state index < -0.39 is 5.82 Å². The van der Waals surface area contributed by atoms with Crippen molar-refractivity contribution < 1.29 is 9.18 Å². The van der Waals surface area contributed by atoms with Gasteiger partial charge in [-0.3, -0.25) is 4.79 Å². The van der Waals surface area contributed by atoms with Crippen LogP contribution < -0.4 is 5.32 Å². The van der Waals surface area contributed by atoms with Crippen molar-refractivity contribution in [3.05, 3.63) is 58.9 Å². The molecule has 1 N–H and O–H groups in total. The number of hydrogen-bond acceptors (Lipinski definition) is 2. The molecule has 138 valence electrons. The highest BCUT2D eigenvalue weighted by molar-refractivity contribution is 6.30. The molecule has 2 saturated heterocycles. The molecule has 2 aliphatic rings. The molecule has 0 aromatic heterocycles. The molecule has 6 heteroatoms. The van der Waals surface area contributed by atoms with Crippen LogP contribution in [0.25, 0.3) is 11.1 Å². The first-order valence-corrected chi connectivity index (χ1v) is 9.09. The van der Waals surface area contributed by atoms with Crippen LogP contribution in [0.1, 0.15) is 29.6 Å². The predicted molar refractivity (Wildman–Crippen MR) is 105 cm³/mol. The third-order valence-electron chi connectivity index (χ3n) is 5.19. The number of carbonyl (C=O) groups is 1. The van der Waals surface area contributed by atoms with Crippen LogP contribution in [0.3, 0.4) is 0 Å². The first kappa shape index (κ1) is 19.2. The van der Waals surface area contributed by atoms with Gasteiger partial charge in [0.15, 0.2) is 0 Å². The number of fused-ring (bicyclic) bond motifs is 2. The summed E-state index contributed by atoms with van der Waals surface area (Å²) >= 11 is 5.89. The van der Waals surface area contributed by atoms with Crippen LogP contribution in [0.15, 0.2) is 42.5 Å². The molecule has 2 bridgehead atoms. The molecule has 0 saturated carbocycles. The van der Waals surface area contributed by atoms with Gasteiger partial charge < -0.3 is 10.2 Å². The number of hydrogen-bond donors (Lipinski definition) is 1. The molecular formula is C20H21Cl2FN2O. The minimum atomic E-state index is -0.472. The summed E-state index contributed by atoms with van der Waals surface area (Å²) in [6, 6.07) is 12.9. The fourth-order valence-electron chi connectivity index (χ4n) is 3.81. The first-order valence-electron chi connectivity index (χ1n) is 8.71. The summed E-state index contributed by atoms with van der Waals surface area (Å²) in [4.78, 5) is 14.6. The van der Waals surface area contributed by atoms with E-state index in [2.05, 4.69) is 5.32 Å². The summed E-state index contributed by atoms with van der Waals surface area (Å²) in [5.41, 5.74) is 1.76. The van der Waals surface area contributed by atoms with Crippen molar-refractivity contribution >= 4 is 29.9 Å². The molecule has 3 nitrogen and oxygen atoms in total. The van der Waals surface area contributed by atoms with Crippen LogP contribution in [-0.2, 0) is 0 Å². The lowest BCUT2D eigenvalue weighted by molar-refractivity contribution is 0.0743. The maximum Gasteiger partial charge on any atom is 0.256 e. The van der Waals surface area contributed by atoms with Crippen molar-refractivity contribution in [2.45, 2.75) is 31.3 Å². The second-order valence-corrected chi connectivity index (χ2v) is 7.32. The van der Waals surface area contributed by atoms with Gasteiger partial charge in [-0.1, -0.05) is 29.8 Å². The van der Waals surface area contributed by atoms with Crippen LogP contribution >= 0.6 is 24.0 Å². The van der Waals surface area contributed by atoms with E-state index in [1.54, 1.807) is 29.2 Å². The number of rotatable bonds is 2. The molecule has 4 rings (SSSR count). The molecule has 1 amide bonds. The number of benzene rings is 2. The van der Waals surface area contributed by atoms with Crippen LogP contribution in [0, 0.1) is 5.82 Å². The molecule has 0 spiro atoms. The summed E-state index contributed by atoms with van der Waals surface area (Å²) in [7, 11) is 0. The van der Waals surface area contributed by atoms with E-state index in [1.165, 1.54) is 12.5 Å². The van der Waals surface area contributed by atoms with Crippen LogP contribution in [0.4, 0.5) is 4.39 Å². The van der Waals surface area contributed by atoms with Gasteiger partial charge in [-0.2, -0.15) is 0 Å². The Bertz CT molecular complexity index is 797. The van der Waals surface area contributed by atoms with Crippen LogP contribution in [0.2, 0.25) is 5.02 Å². The largest absolute Gasteiger partial charge is 0.337 e. The SMILES string of the molecule is Cl.O=C(c1ccc(-c2ccc(Cl)cc2)cc1F)N1CCC2CCC(C1)N2. The van der Waals surface area contributed by atoms with Gasteiger partial charge >= 0.3 is 0 Å². The second kappa shape index (κ2) is 7.95. The standard InChI is InChI=1S/C20H20ClFN2O.ClH/c21-15-4-1-13(2-5-15)14-3-8-18(19(22)11-14)20(25)24-10-9-16-6-7-17(12-24)23-16;/h1-5,8,11,16-17,23H,6-7,9-10,12H2;1H. The zero-order chi connectivity index (χ0) is 17.4. The van der Waals surface area contributed by atoms with Gasteiger partial charge in [-0.05, 0) is 54.7 Å². The van der Waals surface area contributed by atoms with Crippen molar-refractivity contribution in [3.63, 3.8) is 0 Å². The van der Waals surface area contributed by atoms with E-state index in [-0.39, 0.29) is 23.9 Å². The molecular weight excluding hydrogens is 374 g/mol. The zero-order valence-corrected chi connectivity index (χ0v) is 15.8. The summed E-state index contributed by atoms with van der Waals surface area (Å²) in [5.74, 6) is -0.686. The van der Waals surface area contributed by atoms with Crippen LogP contribution in [-0.4, -0.2) is 36.0 Å². The lowest BCUT2D eigenvalue weighted by Gasteiger charge is -2.24. The van der Waals surface area contributed by atoms with Gasteiger partial charge in [0.1, 0.15) is 5.82 Å². The minimum Gasteiger partial charge on any atom is -0.337 e. The Labute approximate surface area is 163 Å². The third kappa shape index (κ3) is 3.88. The number of halogens is 3. The highest BCUT2D eigenvalue weighted by Gasteiger charge is 2.32. The molecule has 2 aromatic carbocycles. The van der Waals surface area contributed by atoms with Gasteiger partial charge in [0.2, 0.25) is 0 Å². The molecule has 2 fully saturated rings. The number of amides is 1. The molecule has 2 atom stereocenters. The molecule has 2 unspecified atom stereocenters. The monoisotopic (exact) mass is 394 g/mol. The topological polar surface area (TPSA) is 32.3 Å². The Morgan fingerprint density at radius 2 is 1.73 bits per heavy atom. The number of carbonyl (C=O) groups excluding carboxylic acids is 1. The second-order valence-electron chi connectivity index (χ2n) is 6.88. The fourth-order valence-corrected chi connectivity index (χ4v) is 3.93. The Morgan fingerprint density at radius 3 is 2.46 bits per heavy atom. The highest BCUT2D eigenvalue weighted by atomic mass is 35.5. The lowest BCUT2D eigenvalue weighted by Crippen LogP contribution is -2.39. The van der Waals surface area contributed by atoms with E-state index in [9.17, 15) is 9.18 Å². The maximum absolute atomic E-state index is 14.6. The summed E-state index contributed by atoms with van der Waals surface area (Å²) in [6.07, 6.45) is 3.20. The minimum absolute atomic E-state index is 0. The van der Waals surface area contributed by atoms with Gasteiger partial charge in [-0.25, -0.2) is 4.39 Å². The average Bonchev–Trinajstić information content (AvgIpc) is 2.94. The zero-order valence-electron chi connectivity index (χ0n) is 14.3. The smallest absolute Gasteiger partial charge is 0.256 e. The summed E-state index contributed by atoms with van der Waals surface area (Å²) < 4.78 is 14.6. The van der Waals surface area contributed by atoms with Crippen LogP contribution in [0.5, 0.6) is 0 Å². The Balaban J connectivity index is 0.00000196. The highest BCUT2D eigenvalue weighted by Crippen LogP contribution is 2.26. The summed E-state index contributed by atoms with van der Waals surface area (Å²) in [6.45, 7) is 1.35. The lowest BCUT2D eigenvalue weighted by atomic mass is 10.0. The molecule has 2 aliphatic heterocycles. The Morgan fingerprint density at radius 1 is 1.04 bits per heavy atom. The Hall–Kier alpha value is -1.62. The number of nitrogens with zero attached hydrogens (tertiary/aromatic N) is 1. The van der Waals surface area contributed by atoms with E-state index in [0.717, 1.165) is 24.0 Å². The normalized spacial score (nSPS) is 21.8. The summed E-state index contributed by atoms with van der Waals surface area (Å²) in [5, 5.41) is 4.18. The van der Waals surface area contributed by atoms with Gasteiger partial charge in [0, 0.05) is 30.2 Å². The molecule has 0 aliphatic carbocycles. The van der Waals surface area contributed by atoms with Gasteiger partial charge in [-0.15, -0.1) is 12.4 Å². The number of nitrogens with one attached hydrogen (secondary N) is 1. The Kier molecular flexibility index (Phi) is 5.86. The quantitative estimate of drug-likeness (QED) is 0.810. The maximum atomic E-state index is 14.6. The molecule has 2 heterocycles. The predicted octanol–water partition coefficient (Wildman–Crippen LogP) is 4.53. The first-order chi connectivity index (χ1) is 12.1. The molecule has 26 heavy (non-hydrogen) atoms. The van der Waals surface area contributed by atoms with Crippen molar-refractivity contribution in [2.24, 2.45) is 0 Å². The van der Waals surface area contributed by atoms with Crippen molar-refractivity contribution in [1.82, 2.24) is 10.2 Å². The van der Waals surface area contributed by atoms with Gasteiger partial charge in [0.25, 0.3) is 5.91 Å².